The van der Waals surface area contributed by atoms with Crippen LogP contribution in [0.5, 0.6) is 0 Å². The van der Waals surface area contributed by atoms with E-state index < -0.39 is 0 Å². The van der Waals surface area contributed by atoms with Gasteiger partial charge >= 0.3 is 0 Å². The second-order valence-electron chi connectivity index (χ2n) is 3.31. The number of rotatable bonds is 3. The monoisotopic (exact) mass is 198 g/mol. The minimum Gasteiger partial charge on any atom is -0.380 e. The summed E-state index contributed by atoms with van der Waals surface area (Å²) in [5, 5.41) is 4.60. The molecule has 1 aromatic rings. The molecule has 1 aliphatic heterocycles. The van der Waals surface area contributed by atoms with Gasteiger partial charge in [-0.25, -0.2) is 4.98 Å². The summed E-state index contributed by atoms with van der Waals surface area (Å²) in [7, 11) is 0. The molecule has 0 aromatic carbocycles. The molecule has 4 heteroatoms. The molecular formula is C9H14N2OS. The quantitative estimate of drug-likeness (QED) is 0.795. The zero-order valence-electron chi connectivity index (χ0n) is 7.75. The average molecular weight is 198 g/mol. The molecule has 1 aromatic heterocycles. The first-order valence-corrected chi connectivity index (χ1v) is 5.38. The molecular weight excluding hydrogens is 184 g/mol. The summed E-state index contributed by atoms with van der Waals surface area (Å²) in [6.07, 6.45) is 3.05. The number of nitrogens with one attached hydrogen (secondary N) is 1. The highest BCUT2D eigenvalue weighted by molar-refractivity contribution is 7.11. The molecule has 0 bridgehead atoms. The van der Waals surface area contributed by atoms with Crippen molar-refractivity contribution in [3.8, 4) is 0 Å². The van der Waals surface area contributed by atoms with Crippen molar-refractivity contribution in [2.75, 3.05) is 13.2 Å². The van der Waals surface area contributed by atoms with E-state index in [0.29, 0.717) is 6.04 Å². The maximum Gasteiger partial charge on any atom is 0.107 e. The van der Waals surface area contributed by atoms with Crippen LogP contribution >= 0.6 is 11.3 Å². The Morgan fingerprint density at radius 3 is 3.31 bits per heavy atom. The molecule has 2 heterocycles. The standard InChI is InChI=1S/C9H14N2OS/c1-7-4-11-9(13-7)5-10-8-2-3-12-6-8/h4,8,10H,2-3,5-6H2,1H3. The van der Waals surface area contributed by atoms with Crippen LogP contribution in [0.2, 0.25) is 0 Å². The van der Waals surface area contributed by atoms with Gasteiger partial charge in [0.1, 0.15) is 5.01 Å². The van der Waals surface area contributed by atoms with Crippen LogP contribution in [0, 0.1) is 6.92 Å². The molecule has 1 fully saturated rings. The van der Waals surface area contributed by atoms with Gasteiger partial charge < -0.3 is 10.1 Å². The van der Waals surface area contributed by atoms with Gasteiger partial charge in [-0.3, -0.25) is 0 Å². The van der Waals surface area contributed by atoms with Crippen molar-refractivity contribution in [1.29, 1.82) is 0 Å². The fraction of sp³-hybridized carbons (Fsp3) is 0.667. The molecule has 1 aliphatic rings. The minimum atomic E-state index is 0.532. The first-order chi connectivity index (χ1) is 6.34. The van der Waals surface area contributed by atoms with E-state index in [-0.39, 0.29) is 0 Å². The zero-order valence-corrected chi connectivity index (χ0v) is 8.56. The summed E-state index contributed by atoms with van der Waals surface area (Å²) in [6, 6.07) is 0.532. The summed E-state index contributed by atoms with van der Waals surface area (Å²) in [4.78, 5) is 5.57. The second-order valence-corrected chi connectivity index (χ2v) is 4.63. The van der Waals surface area contributed by atoms with E-state index in [1.807, 2.05) is 6.20 Å². The van der Waals surface area contributed by atoms with Crippen molar-refractivity contribution in [1.82, 2.24) is 10.3 Å². The van der Waals surface area contributed by atoms with Gasteiger partial charge in [0.25, 0.3) is 0 Å². The predicted molar refractivity (Wildman–Crippen MR) is 52.9 cm³/mol. The van der Waals surface area contributed by atoms with E-state index in [4.69, 9.17) is 4.74 Å². The summed E-state index contributed by atoms with van der Waals surface area (Å²) in [5.41, 5.74) is 0. The topological polar surface area (TPSA) is 34.2 Å². The molecule has 13 heavy (non-hydrogen) atoms. The molecule has 3 nitrogen and oxygen atoms in total. The third kappa shape index (κ3) is 2.49. The van der Waals surface area contributed by atoms with Crippen LogP contribution in [0.1, 0.15) is 16.3 Å². The smallest absolute Gasteiger partial charge is 0.107 e. The molecule has 0 saturated carbocycles. The van der Waals surface area contributed by atoms with Crippen molar-refractivity contribution in [2.45, 2.75) is 25.9 Å². The largest absolute Gasteiger partial charge is 0.380 e. The highest BCUT2D eigenvalue weighted by Gasteiger charge is 2.14. The summed E-state index contributed by atoms with van der Waals surface area (Å²) in [6.45, 7) is 4.71. The van der Waals surface area contributed by atoms with Gasteiger partial charge in [-0.15, -0.1) is 11.3 Å². The Morgan fingerprint density at radius 1 is 1.77 bits per heavy atom. The lowest BCUT2D eigenvalue weighted by Crippen LogP contribution is -2.28. The van der Waals surface area contributed by atoms with Crippen LogP contribution in [0.25, 0.3) is 0 Å². The van der Waals surface area contributed by atoms with Crippen LogP contribution in [0.3, 0.4) is 0 Å². The first-order valence-electron chi connectivity index (χ1n) is 4.57. The number of nitrogens with zero attached hydrogens (tertiary/aromatic N) is 1. The van der Waals surface area contributed by atoms with Gasteiger partial charge in [0.2, 0.25) is 0 Å². The van der Waals surface area contributed by atoms with Gasteiger partial charge in [-0.1, -0.05) is 0 Å². The maximum absolute atomic E-state index is 5.27. The Hall–Kier alpha value is -0.450. The van der Waals surface area contributed by atoms with E-state index >= 15 is 0 Å². The zero-order chi connectivity index (χ0) is 9.10. The lowest BCUT2D eigenvalue weighted by atomic mass is 10.3. The number of hydrogen-bond acceptors (Lipinski definition) is 4. The number of hydrogen-bond donors (Lipinski definition) is 1. The minimum absolute atomic E-state index is 0.532. The highest BCUT2D eigenvalue weighted by atomic mass is 32.1. The molecule has 72 valence electrons. The molecule has 1 saturated heterocycles. The Balaban J connectivity index is 1.78. The molecule has 1 N–H and O–H groups in total. The molecule has 0 spiro atoms. The first kappa shape index (κ1) is 9.12. The van der Waals surface area contributed by atoms with Crippen molar-refractivity contribution >= 4 is 11.3 Å². The van der Waals surface area contributed by atoms with Gasteiger partial charge in [0, 0.05) is 30.3 Å². The van der Waals surface area contributed by atoms with E-state index in [0.717, 1.165) is 26.2 Å². The predicted octanol–water partition coefficient (Wildman–Crippen LogP) is 1.33. The van der Waals surface area contributed by atoms with Crippen LogP contribution in [0.15, 0.2) is 6.20 Å². The number of aryl methyl sites for hydroxylation is 1. The van der Waals surface area contributed by atoms with Crippen molar-refractivity contribution in [3.05, 3.63) is 16.1 Å². The average Bonchev–Trinajstić information content (AvgIpc) is 2.71. The Bertz CT molecular complexity index is 268. The van der Waals surface area contributed by atoms with E-state index in [1.54, 1.807) is 11.3 Å². The SMILES string of the molecule is Cc1cnc(CNC2CCOC2)s1. The fourth-order valence-electron chi connectivity index (χ4n) is 1.41. The van der Waals surface area contributed by atoms with Crippen molar-refractivity contribution in [2.24, 2.45) is 0 Å². The van der Waals surface area contributed by atoms with Crippen molar-refractivity contribution < 1.29 is 4.74 Å². The molecule has 2 rings (SSSR count). The number of aromatic nitrogens is 1. The maximum atomic E-state index is 5.27. The third-order valence-electron chi connectivity index (χ3n) is 2.14. The summed E-state index contributed by atoms with van der Waals surface area (Å²) in [5.74, 6) is 0. The highest BCUT2D eigenvalue weighted by Crippen LogP contribution is 2.11. The van der Waals surface area contributed by atoms with Crippen LogP contribution in [-0.2, 0) is 11.3 Å². The number of ether oxygens (including phenoxy) is 1. The Kier molecular flexibility index (Phi) is 2.93. The van der Waals surface area contributed by atoms with E-state index in [1.165, 1.54) is 9.88 Å². The van der Waals surface area contributed by atoms with Crippen molar-refractivity contribution in [3.63, 3.8) is 0 Å². The normalized spacial score (nSPS) is 22.4. The summed E-state index contributed by atoms with van der Waals surface area (Å²) >= 11 is 1.76. The Morgan fingerprint density at radius 2 is 2.69 bits per heavy atom. The third-order valence-corrected chi connectivity index (χ3v) is 3.05. The molecule has 0 radical (unpaired) electrons. The molecule has 0 aliphatic carbocycles. The van der Waals surface area contributed by atoms with E-state index in [2.05, 4.69) is 17.2 Å². The number of thiazole rings is 1. The Labute approximate surface area is 82.1 Å². The van der Waals surface area contributed by atoms with E-state index in [9.17, 15) is 0 Å². The molecule has 1 unspecified atom stereocenters. The van der Waals surface area contributed by atoms with Gasteiger partial charge in [0.15, 0.2) is 0 Å². The second kappa shape index (κ2) is 4.17. The van der Waals surface area contributed by atoms with Gasteiger partial charge in [0.05, 0.1) is 6.61 Å². The lowest BCUT2D eigenvalue weighted by molar-refractivity contribution is 0.190. The summed E-state index contributed by atoms with van der Waals surface area (Å²) < 4.78 is 5.27. The lowest BCUT2D eigenvalue weighted by Gasteiger charge is -2.07. The van der Waals surface area contributed by atoms with Gasteiger partial charge in [-0.05, 0) is 13.3 Å². The fourth-order valence-corrected chi connectivity index (χ4v) is 2.15. The molecule has 0 amide bonds. The van der Waals surface area contributed by atoms with Crippen LogP contribution < -0.4 is 5.32 Å². The van der Waals surface area contributed by atoms with Crippen LogP contribution in [-0.4, -0.2) is 24.2 Å². The molecule has 1 atom stereocenters. The van der Waals surface area contributed by atoms with Gasteiger partial charge in [-0.2, -0.15) is 0 Å². The van der Waals surface area contributed by atoms with Crippen LogP contribution in [0.4, 0.5) is 0 Å².